The minimum absolute atomic E-state index is 0.261. The molecular formula is C14H16ClN5O2. The SMILES string of the molecule is Cc1cc2ncc(N3CCOCC3C(=O)NN)nc2cc1Cl. The van der Waals surface area contributed by atoms with Crippen molar-refractivity contribution < 1.29 is 9.53 Å². The van der Waals surface area contributed by atoms with Crippen molar-refractivity contribution in [1.29, 1.82) is 0 Å². The van der Waals surface area contributed by atoms with Crippen LogP contribution in [0.2, 0.25) is 5.02 Å². The van der Waals surface area contributed by atoms with Gasteiger partial charge in [-0.1, -0.05) is 11.6 Å². The van der Waals surface area contributed by atoms with Gasteiger partial charge in [0.1, 0.15) is 11.9 Å². The van der Waals surface area contributed by atoms with Gasteiger partial charge in [0, 0.05) is 11.6 Å². The summed E-state index contributed by atoms with van der Waals surface area (Å²) < 4.78 is 5.35. The van der Waals surface area contributed by atoms with E-state index < -0.39 is 6.04 Å². The highest BCUT2D eigenvalue weighted by Gasteiger charge is 2.30. The molecule has 7 nitrogen and oxygen atoms in total. The van der Waals surface area contributed by atoms with Crippen LogP contribution in [-0.2, 0) is 9.53 Å². The minimum atomic E-state index is -0.522. The monoisotopic (exact) mass is 321 g/mol. The number of ether oxygens (including phenoxy) is 1. The van der Waals surface area contributed by atoms with Crippen molar-refractivity contribution in [1.82, 2.24) is 15.4 Å². The number of benzene rings is 1. The summed E-state index contributed by atoms with van der Waals surface area (Å²) in [6, 6.07) is 3.14. The summed E-state index contributed by atoms with van der Waals surface area (Å²) in [6.45, 7) is 3.24. The third-order valence-corrected chi connectivity index (χ3v) is 4.08. The van der Waals surface area contributed by atoms with Crippen molar-refractivity contribution >= 4 is 34.4 Å². The van der Waals surface area contributed by atoms with E-state index in [0.29, 0.717) is 29.5 Å². The van der Waals surface area contributed by atoms with Gasteiger partial charge in [0.2, 0.25) is 0 Å². The molecule has 1 aliphatic rings. The quantitative estimate of drug-likeness (QED) is 0.482. The lowest BCUT2D eigenvalue weighted by Crippen LogP contribution is -2.55. The zero-order valence-corrected chi connectivity index (χ0v) is 12.8. The smallest absolute Gasteiger partial charge is 0.259 e. The first-order chi connectivity index (χ1) is 10.6. The molecule has 2 heterocycles. The highest BCUT2D eigenvalue weighted by Crippen LogP contribution is 2.24. The Labute approximate surface area is 132 Å². The molecule has 1 aliphatic heterocycles. The number of hydrazine groups is 1. The van der Waals surface area contributed by atoms with Crippen LogP contribution in [0.15, 0.2) is 18.3 Å². The summed E-state index contributed by atoms with van der Waals surface area (Å²) in [5.41, 5.74) is 4.55. The summed E-state index contributed by atoms with van der Waals surface area (Å²) in [7, 11) is 0. The number of hydrogen-bond acceptors (Lipinski definition) is 6. The molecule has 1 amide bonds. The normalized spacial score (nSPS) is 18.5. The Morgan fingerprint density at radius 1 is 1.50 bits per heavy atom. The van der Waals surface area contributed by atoms with Crippen LogP contribution in [-0.4, -0.2) is 41.7 Å². The summed E-state index contributed by atoms with van der Waals surface area (Å²) in [6.07, 6.45) is 1.65. The van der Waals surface area contributed by atoms with Crippen LogP contribution in [0.5, 0.6) is 0 Å². The minimum Gasteiger partial charge on any atom is -0.377 e. The first-order valence-electron chi connectivity index (χ1n) is 6.88. The third kappa shape index (κ3) is 2.70. The van der Waals surface area contributed by atoms with E-state index in [4.69, 9.17) is 22.2 Å². The van der Waals surface area contributed by atoms with Gasteiger partial charge in [0.25, 0.3) is 5.91 Å². The molecule has 0 saturated carbocycles. The second kappa shape index (κ2) is 6.04. The Balaban J connectivity index is 2.00. The number of fused-ring (bicyclic) bond motifs is 1. The average molecular weight is 322 g/mol. The zero-order valence-electron chi connectivity index (χ0n) is 12.0. The van der Waals surface area contributed by atoms with Gasteiger partial charge in [0.05, 0.1) is 30.4 Å². The lowest BCUT2D eigenvalue weighted by atomic mass is 10.2. The van der Waals surface area contributed by atoms with E-state index in [9.17, 15) is 4.79 Å². The van der Waals surface area contributed by atoms with Crippen molar-refractivity contribution in [3.05, 3.63) is 28.9 Å². The van der Waals surface area contributed by atoms with Gasteiger partial charge in [-0.3, -0.25) is 15.2 Å². The summed E-state index contributed by atoms with van der Waals surface area (Å²) in [5.74, 6) is 5.52. The second-order valence-corrected chi connectivity index (χ2v) is 5.52. The summed E-state index contributed by atoms with van der Waals surface area (Å²) in [5, 5.41) is 0.636. The molecule has 1 atom stereocenters. The fourth-order valence-electron chi connectivity index (χ4n) is 2.46. The number of hydrogen-bond donors (Lipinski definition) is 2. The lowest BCUT2D eigenvalue weighted by Gasteiger charge is -2.34. The molecule has 116 valence electrons. The van der Waals surface area contributed by atoms with E-state index in [1.54, 1.807) is 12.3 Å². The van der Waals surface area contributed by atoms with E-state index in [-0.39, 0.29) is 12.5 Å². The number of nitrogens with one attached hydrogen (secondary N) is 1. The van der Waals surface area contributed by atoms with Gasteiger partial charge in [-0.2, -0.15) is 0 Å². The maximum atomic E-state index is 11.9. The Kier molecular flexibility index (Phi) is 4.10. The predicted octanol–water partition coefficient (Wildman–Crippen LogP) is 0.787. The van der Waals surface area contributed by atoms with Crippen molar-refractivity contribution in [2.75, 3.05) is 24.7 Å². The molecule has 0 radical (unpaired) electrons. The molecule has 0 spiro atoms. The van der Waals surface area contributed by atoms with Crippen LogP contribution >= 0.6 is 11.6 Å². The highest BCUT2D eigenvalue weighted by atomic mass is 35.5. The Hall–Kier alpha value is -1.96. The molecule has 22 heavy (non-hydrogen) atoms. The number of morpholine rings is 1. The topological polar surface area (TPSA) is 93.4 Å². The molecule has 1 fully saturated rings. The standard InChI is InChI=1S/C14H16ClN5O2/c1-8-4-10-11(5-9(8)15)18-13(6-17-10)20-2-3-22-7-12(20)14(21)19-16/h4-6,12H,2-3,7,16H2,1H3,(H,19,21). The van der Waals surface area contributed by atoms with Gasteiger partial charge in [-0.05, 0) is 24.6 Å². The van der Waals surface area contributed by atoms with Crippen LogP contribution in [0, 0.1) is 6.92 Å². The second-order valence-electron chi connectivity index (χ2n) is 5.11. The van der Waals surface area contributed by atoms with Gasteiger partial charge in [-0.15, -0.1) is 0 Å². The largest absolute Gasteiger partial charge is 0.377 e. The first kappa shape index (κ1) is 15.0. The van der Waals surface area contributed by atoms with Crippen molar-refractivity contribution in [2.45, 2.75) is 13.0 Å². The maximum absolute atomic E-state index is 11.9. The number of anilines is 1. The zero-order chi connectivity index (χ0) is 15.7. The van der Waals surface area contributed by atoms with Gasteiger partial charge < -0.3 is 9.64 Å². The van der Waals surface area contributed by atoms with Gasteiger partial charge in [0.15, 0.2) is 0 Å². The molecular weight excluding hydrogens is 306 g/mol. The summed E-state index contributed by atoms with van der Waals surface area (Å²) >= 11 is 6.15. The Morgan fingerprint density at radius 2 is 2.32 bits per heavy atom. The van der Waals surface area contributed by atoms with E-state index in [2.05, 4.69) is 15.4 Å². The molecule has 0 bridgehead atoms. The molecule has 1 saturated heterocycles. The number of carbonyl (C=O) groups excluding carboxylic acids is 1. The van der Waals surface area contributed by atoms with Crippen LogP contribution in [0.3, 0.4) is 0 Å². The molecule has 1 aromatic carbocycles. The van der Waals surface area contributed by atoms with Crippen LogP contribution < -0.4 is 16.2 Å². The molecule has 2 aromatic rings. The first-order valence-corrected chi connectivity index (χ1v) is 7.25. The van der Waals surface area contributed by atoms with E-state index in [1.165, 1.54) is 0 Å². The number of halogens is 1. The maximum Gasteiger partial charge on any atom is 0.259 e. The van der Waals surface area contributed by atoms with Gasteiger partial charge >= 0.3 is 0 Å². The van der Waals surface area contributed by atoms with Crippen molar-refractivity contribution in [2.24, 2.45) is 5.84 Å². The molecule has 3 N–H and O–H groups in total. The average Bonchev–Trinajstić information content (AvgIpc) is 2.55. The van der Waals surface area contributed by atoms with E-state index in [1.807, 2.05) is 17.9 Å². The number of nitrogens with two attached hydrogens (primary N) is 1. The van der Waals surface area contributed by atoms with Crippen molar-refractivity contribution in [3.8, 4) is 0 Å². The number of rotatable bonds is 2. The van der Waals surface area contributed by atoms with E-state index >= 15 is 0 Å². The lowest BCUT2D eigenvalue weighted by molar-refractivity contribution is -0.124. The number of amides is 1. The molecule has 3 rings (SSSR count). The predicted molar refractivity (Wildman–Crippen MR) is 83.6 cm³/mol. The molecule has 1 unspecified atom stereocenters. The van der Waals surface area contributed by atoms with Crippen LogP contribution in [0.4, 0.5) is 5.82 Å². The van der Waals surface area contributed by atoms with E-state index in [0.717, 1.165) is 11.1 Å². The van der Waals surface area contributed by atoms with Crippen LogP contribution in [0.1, 0.15) is 5.56 Å². The molecule has 1 aromatic heterocycles. The number of aryl methyl sites for hydroxylation is 1. The van der Waals surface area contributed by atoms with Gasteiger partial charge in [-0.25, -0.2) is 10.8 Å². The third-order valence-electron chi connectivity index (χ3n) is 3.68. The van der Waals surface area contributed by atoms with Crippen LogP contribution in [0.25, 0.3) is 11.0 Å². The number of nitrogens with zero attached hydrogens (tertiary/aromatic N) is 3. The molecule has 8 heteroatoms. The Bertz CT molecular complexity index is 724. The summed E-state index contributed by atoms with van der Waals surface area (Å²) in [4.78, 5) is 22.7. The fourth-order valence-corrected chi connectivity index (χ4v) is 2.62. The number of carbonyl (C=O) groups is 1. The molecule has 0 aliphatic carbocycles. The number of aromatic nitrogens is 2. The van der Waals surface area contributed by atoms with Crippen molar-refractivity contribution in [3.63, 3.8) is 0 Å². The highest BCUT2D eigenvalue weighted by molar-refractivity contribution is 6.32. The fraction of sp³-hybridized carbons (Fsp3) is 0.357. The Morgan fingerprint density at radius 3 is 3.09 bits per heavy atom.